The van der Waals surface area contributed by atoms with Gasteiger partial charge in [-0.05, 0) is 38.3 Å². The number of rotatable bonds is 9. The lowest BCUT2D eigenvalue weighted by Crippen LogP contribution is -2.42. The normalized spacial score (nSPS) is 16.0. The van der Waals surface area contributed by atoms with Gasteiger partial charge in [0.05, 0.1) is 0 Å². The number of ether oxygens (including phenoxy) is 1. The Morgan fingerprint density at radius 3 is 2.55 bits per heavy atom. The number of carbonyl (C=O) groups excluding carboxylic acids is 1. The van der Waals surface area contributed by atoms with Crippen molar-refractivity contribution in [2.45, 2.75) is 46.0 Å². The molecule has 1 rings (SSSR count). The molecule has 1 heterocycles. The predicted molar refractivity (Wildman–Crippen MR) is 85.4 cm³/mol. The van der Waals surface area contributed by atoms with Crippen LogP contribution in [-0.4, -0.2) is 50.2 Å². The van der Waals surface area contributed by atoms with Gasteiger partial charge in [-0.25, -0.2) is 0 Å². The van der Waals surface area contributed by atoms with Gasteiger partial charge in [0.15, 0.2) is 0 Å². The van der Waals surface area contributed by atoms with Crippen molar-refractivity contribution in [3.05, 3.63) is 0 Å². The molecule has 4 nitrogen and oxygen atoms in total. The van der Waals surface area contributed by atoms with Crippen LogP contribution >= 0.6 is 12.4 Å². The third kappa shape index (κ3) is 8.08. The van der Waals surface area contributed by atoms with Crippen LogP contribution in [0.15, 0.2) is 0 Å². The molecule has 0 saturated carbocycles. The standard InChI is InChI=1S/C15H30N2O2.ClH/c1-3-5-6-11-19-13-15(18)17-9-7-14(8-10-17)12-16-4-2;/h14,16H,3-13H2,1-2H3;1H. The van der Waals surface area contributed by atoms with E-state index in [0.717, 1.165) is 58.0 Å². The Labute approximate surface area is 130 Å². The molecule has 1 saturated heterocycles. The summed E-state index contributed by atoms with van der Waals surface area (Å²) in [4.78, 5) is 13.9. The molecule has 0 radical (unpaired) electrons. The van der Waals surface area contributed by atoms with Crippen LogP contribution in [0.3, 0.4) is 0 Å². The van der Waals surface area contributed by atoms with E-state index < -0.39 is 0 Å². The van der Waals surface area contributed by atoms with E-state index in [0.29, 0.717) is 0 Å². The van der Waals surface area contributed by atoms with Gasteiger partial charge in [-0.3, -0.25) is 4.79 Å². The van der Waals surface area contributed by atoms with E-state index in [1.54, 1.807) is 0 Å². The number of piperidine rings is 1. The topological polar surface area (TPSA) is 41.6 Å². The Hall–Kier alpha value is -0.320. The second-order valence-electron chi connectivity index (χ2n) is 5.39. The Morgan fingerprint density at radius 1 is 1.25 bits per heavy atom. The Balaban J connectivity index is 0.00000361. The number of hydrogen-bond donors (Lipinski definition) is 1. The van der Waals surface area contributed by atoms with Crippen molar-refractivity contribution in [3.8, 4) is 0 Å². The number of carbonyl (C=O) groups is 1. The van der Waals surface area contributed by atoms with Crippen molar-refractivity contribution >= 4 is 18.3 Å². The van der Waals surface area contributed by atoms with Crippen LogP contribution in [0.4, 0.5) is 0 Å². The molecule has 5 heteroatoms. The molecular formula is C15H31ClN2O2. The molecule has 1 aliphatic rings. The largest absolute Gasteiger partial charge is 0.372 e. The van der Waals surface area contributed by atoms with Gasteiger partial charge in [-0.1, -0.05) is 26.7 Å². The highest BCUT2D eigenvalue weighted by Gasteiger charge is 2.22. The van der Waals surface area contributed by atoms with E-state index in [-0.39, 0.29) is 24.9 Å². The number of likely N-dealkylation sites (tertiary alicyclic amines) is 1. The monoisotopic (exact) mass is 306 g/mol. The molecule has 20 heavy (non-hydrogen) atoms. The first kappa shape index (κ1) is 19.7. The van der Waals surface area contributed by atoms with Crippen molar-refractivity contribution in [1.29, 1.82) is 0 Å². The summed E-state index contributed by atoms with van der Waals surface area (Å²) in [6.07, 6.45) is 5.68. The predicted octanol–water partition coefficient (Wildman–Crippen LogP) is 2.46. The molecule has 120 valence electrons. The average molecular weight is 307 g/mol. The molecule has 1 N–H and O–H groups in total. The molecule has 0 aromatic heterocycles. The lowest BCUT2D eigenvalue weighted by atomic mass is 9.97. The summed E-state index contributed by atoms with van der Waals surface area (Å²) in [5.74, 6) is 0.896. The highest BCUT2D eigenvalue weighted by molar-refractivity contribution is 5.85. The number of unbranched alkanes of at least 4 members (excludes halogenated alkanes) is 2. The maximum Gasteiger partial charge on any atom is 0.248 e. The molecule has 0 unspecified atom stereocenters. The summed E-state index contributed by atoms with van der Waals surface area (Å²) in [6.45, 7) is 9.20. The van der Waals surface area contributed by atoms with E-state index in [2.05, 4.69) is 19.2 Å². The van der Waals surface area contributed by atoms with Crippen molar-refractivity contribution in [2.75, 3.05) is 39.4 Å². The van der Waals surface area contributed by atoms with Crippen LogP contribution < -0.4 is 5.32 Å². The lowest BCUT2D eigenvalue weighted by molar-refractivity contribution is -0.137. The molecule has 0 aromatic carbocycles. The number of amides is 1. The van der Waals surface area contributed by atoms with E-state index in [4.69, 9.17) is 4.74 Å². The fourth-order valence-corrected chi connectivity index (χ4v) is 2.44. The van der Waals surface area contributed by atoms with Gasteiger partial charge in [0.2, 0.25) is 5.91 Å². The third-order valence-electron chi connectivity index (χ3n) is 3.77. The Morgan fingerprint density at radius 2 is 1.95 bits per heavy atom. The van der Waals surface area contributed by atoms with Gasteiger partial charge in [-0.15, -0.1) is 12.4 Å². The molecule has 1 fully saturated rings. The number of hydrogen-bond acceptors (Lipinski definition) is 3. The average Bonchev–Trinajstić information content (AvgIpc) is 2.45. The van der Waals surface area contributed by atoms with E-state index in [1.807, 2.05) is 4.90 Å². The number of nitrogens with zero attached hydrogens (tertiary/aromatic N) is 1. The molecule has 0 bridgehead atoms. The first-order chi connectivity index (χ1) is 9.27. The van der Waals surface area contributed by atoms with Gasteiger partial charge in [0, 0.05) is 19.7 Å². The molecular weight excluding hydrogens is 276 g/mol. The maximum atomic E-state index is 11.9. The minimum Gasteiger partial charge on any atom is -0.372 e. The maximum absolute atomic E-state index is 11.9. The van der Waals surface area contributed by atoms with Crippen molar-refractivity contribution in [2.24, 2.45) is 5.92 Å². The van der Waals surface area contributed by atoms with Gasteiger partial charge in [0.25, 0.3) is 0 Å². The molecule has 0 aromatic rings. The van der Waals surface area contributed by atoms with E-state index in [1.165, 1.54) is 12.8 Å². The SMILES string of the molecule is CCCCCOCC(=O)N1CCC(CNCC)CC1.Cl. The summed E-state index contributed by atoms with van der Waals surface area (Å²) in [5, 5.41) is 3.39. The van der Waals surface area contributed by atoms with E-state index >= 15 is 0 Å². The minimum absolute atomic E-state index is 0. The van der Waals surface area contributed by atoms with Crippen LogP contribution in [0.25, 0.3) is 0 Å². The first-order valence-corrected chi connectivity index (χ1v) is 7.84. The van der Waals surface area contributed by atoms with Crippen LogP contribution in [0.2, 0.25) is 0 Å². The molecule has 0 spiro atoms. The zero-order chi connectivity index (χ0) is 13.9. The second kappa shape index (κ2) is 12.4. The lowest BCUT2D eigenvalue weighted by Gasteiger charge is -2.32. The Bertz CT molecular complexity index is 244. The molecule has 1 aliphatic heterocycles. The third-order valence-corrected chi connectivity index (χ3v) is 3.77. The van der Waals surface area contributed by atoms with Crippen LogP contribution in [0.1, 0.15) is 46.0 Å². The highest BCUT2D eigenvalue weighted by atomic mass is 35.5. The van der Waals surface area contributed by atoms with E-state index in [9.17, 15) is 4.79 Å². The first-order valence-electron chi connectivity index (χ1n) is 7.84. The second-order valence-corrected chi connectivity index (χ2v) is 5.39. The smallest absolute Gasteiger partial charge is 0.248 e. The van der Waals surface area contributed by atoms with Gasteiger partial charge >= 0.3 is 0 Å². The fourth-order valence-electron chi connectivity index (χ4n) is 2.44. The van der Waals surface area contributed by atoms with Crippen LogP contribution in [0.5, 0.6) is 0 Å². The number of nitrogens with one attached hydrogen (secondary N) is 1. The summed E-state index contributed by atoms with van der Waals surface area (Å²) in [7, 11) is 0. The highest BCUT2D eigenvalue weighted by Crippen LogP contribution is 2.16. The van der Waals surface area contributed by atoms with Crippen LogP contribution in [-0.2, 0) is 9.53 Å². The van der Waals surface area contributed by atoms with Crippen molar-refractivity contribution < 1.29 is 9.53 Å². The van der Waals surface area contributed by atoms with Crippen molar-refractivity contribution in [3.63, 3.8) is 0 Å². The Kier molecular flexibility index (Phi) is 12.2. The quantitative estimate of drug-likeness (QED) is 0.665. The van der Waals surface area contributed by atoms with Gasteiger partial charge in [0.1, 0.15) is 6.61 Å². The zero-order valence-electron chi connectivity index (χ0n) is 13.0. The summed E-state index contributed by atoms with van der Waals surface area (Å²) in [5.41, 5.74) is 0. The summed E-state index contributed by atoms with van der Waals surface area (Å²) < 4.78 is 5.44. The van der Waals surface area contributed by atoms with Gasteiger partial charge in [-0.2, -0.15) is 0 Å². The van der Waals surface area contributed by atoms with Gasteiger partial charge < -0.3 is 15.0 Å². The number of halogens is 1. The summed E-state index contributed by atoms with van der Waals surface area (Å²) in [6, 6.07) is 0. The molecule has 1 amide bonds. The molecule has 0 atom stereocenters. The summed E-state index contributed by atoms with van der Waals surface area (Å²) >= 11 is 0. The minimum atomic E-state index is 0. The van der Waals surface area contributed by atoms with Crippen molar-refractivity contribution in [1.82, 2.24) is 10.2 Å². The van der Waals surface area contributed by atoms with Crippen LogP contribution in [0, 0.1) is 5.92 Å². The zero-order valence-corrected chi connectivity index (χ0v) is 13.8. The fraction of sp³-hybridized carbons (Fsp3) is 0.933. The molecule has 0 aliphatic carbocycles.